The SMILES string of the molecule is Cc1nn(-c2ccccc2)c(C)c1NC(=O)CSc1nnc(-c2ccc(Cl)cc2)o1. The van der Waals surface area contributed by atoms with Crippen LogP contribution in [-0.2, 0) is 4.79 Å². The van der Waals surface area contributed by atoms with Crippen molar-refractivity contribution in [2.75, 3.05) is 11.1 Å². The molecule has 0 radical (unpaired) electrons. The predicted molar refractivity (Wildman–Crippen MR) is 117 cm³/mol. The molecule has 2 aromatic carbocycles. The zero-order valence-corrected chi connectivity index (χ0v) is 17.9. The van der Waals surface area contributed by atoms with Gasteiger partial charge in [-0.15, -0.1) is 10.2 Å². The van der Waals surface area contributed by atoms with Crippen LogP contribution in [0.1, 0.15) is 11.4 Å². The topological polar surface area (TPSA) is 85.8 Å². The van der Waals surface area contributed by atoms with Gasteiger partial charge in [0.05, 0.1) is 28.5 Å². The molecular formula is C21H18ClN5O2S. The van der Waals surface area contributed by atoms with E-state index in [0.717, 1.165) is 22.6 Å². The maximum absolute atomic E-state index is 12.5. The minimum absolute atomic E-state index is 0.137. The Morgan fingerprint density at radius 3 is 2.57 bits per heavy atom. The average molecular weight is 440 g/mol. The molecule has 1 N–H and O–H groups in total. The zero-order chi connectivity index (χ0) is 21.1. The fourth-order valence-corrected chi connectivity index (χ4v) is 3.61. The van der Waals surface area contributed by atoms with E-state index >= 15 is 0 Å². The van der Waals surface area contributed by atoms with E-state index in [0.29, 0.717) is 21.8 Å². The van der Waals surface area contributed by atoms with Gasteiger partial charge < -0.3 is 9.73 Å². The van der Waals surface area contributed by atoms with Crippen molar-refractivity contribution in [3.63, 3.8) is 0 Å². The lowest BCUT2D eigenvalue weighted by Crippen LogP contribution is -2.15. The third kappa shape index (κ3) is 4.39. The molecule has 0 fully saturated rings. The fourth-order valence-electron chi connectivity index (χ4n) is 2.92. The summed E-state index contributed by atoms with van der Waals surface area (Å²) in [5.74, 6) is 0.341. The summed E-state index contributed by atoms with van der Waals surface area (Å²) in [5, 5.41) is 16.4. The molecule has 9 heteroatoms. The molecule has 4 aromatic rings. The first-order valence-electron chi connectivity index (χ1n) is 9.15. The lowest BCUT2D eigenvalue weighted by Gasteiger charge is -2.06. The third-order valence-electron chi connectivity index (χ3n) is 4.38. The summed E-state index contributed by atoms with van der Waals surface area (Å²) in [6.45, 7) is 3.79. The number of aryl methyl sites for hydroxylation is 1. The molecule has 0 atom stereocenters. The van der Waals surface area contributed by atoms with Gasteiger partial charge in [-0.1, -0.05) is 41.6 Å². The molecule has 2 heterocycles. The molecule has 7 nitrogen and oxygen atoms in total. The van der Waals surface area contributed by atoms with Crippen LogP contribution in [0.5, 0.6) is 0 Å². The predicted octanol–water partition coefficient (Wildman–Crippen LogP) is 4.92. The maximum Gasteiger partial charge on any atom is 0.277 e. The minimum atomic E-state index is -0.176. The number of carbonyl (C=O) groups excluding carboxylic acids is 1. The second-order valence-electron chi connectivity index (χ2n) is 6.51. The van der Waals surface area contributed by atoms with Crippen molar-refractivity contribution in [3.8, 4) is 17.1 Å². The Hall–Kier alpha value is -3.10. The number of nitrogens with one attached hydrogen (secondary N) is 1. The van der Waals surface area contributed by atoms with E-state index in [-0.39, 0.29) is 11.7 Å². The van der Waals surface area contributed by atoms with E-state index in [2.05, 4.69) is 20.6 Å². The normalized spacial score (nSPS) is 10.9. The molecule has 152 valence electrons. The Labute approximate surface area is 182 Å². The highest BCUT2D eigenvalue weighted by Crippen LogP contribution is 2.26. The number of hydrogen-bond acceptors (Lipinski definition) is 6. The number of para-hydroxylation sites is 1. The lowest BCUT2D eigenvalue weighted by atomic mass is 10.2. The highest BCUT2D eigenvalue weighted by Gasteiger charge is 2.16. The quantitative estimate of drug-likeness (QED) is 0.429. The Morgan fingerprint density at radius 1 is 1.10 bits per heavy atom. The molecule has 0 unspecified atom stereocenters. The van der Waals surface area contributed by atoms with Crippen molar-refractivity contribution < 1.29 is 9.21 Å². The first kappa shape index (κ1) is 20.2. The van der Waals surface area contributed by atoms with E-state index in [4.69, 9.17) is 16.0 Å². The Bertz CT molecular complexity index is 1170. The van der Waals surface area contributed by atoms with Crippen molar-refractivity contribution >= 4 is 35.0 Å². The van der Waals surface area contributed by atoms with Crippen LogP contribution in [0.15, 0.2) is 64.2 Å². The average Bonchev–Trinajstić information content (AvgIpc) is 3.34. The molecule has 30 heavy (non-hydrogen) atoms. The Balaban J connectivity index is 1.40. The van der Waals surface area contributed by atoms with Crippen LogP contribution in [0.2, 0.25) is 5.02 Å². The second-order valence-corrected chi connectivity index (χ2v) is 7.87. The first-order valence-corrected chi connectivity index (χ1v) is 10.5. The van der Waals surface area contributed by atoms with Crippen LogP contribution in [0.25, 0.3) is 17.1 Å². The van der Waals surface area contributed by atoms with Gasteiger partial charge in [0, 0.05) is 10.6 Å². The third-order valence-corrected chi connectivity index (χ3v) is 5.45. The lowest BCUT2D eigenvalue weighted by molar-refractivity contribution is -0.113. The number of anilines is 1. The molecule has 0 aliphatic rings. The van der Waals surface area contributed by atoms with Gasteiger partial charge in [0.2, 0.25) is 11.8 Å². The first-order chi connectivity index (χ1) is 14.5. The van der Waals surface area contributed by atoms with Crippen molar-refractivity contribution in [3.05, 3.63) is 71.0 Å². The standard InChI is InChI=1S/C21H18ClN5O2S/c1-13-19(14(2)27(26-13)17-6-4-3-5-7-17)23-18(28)12-30-21-25-24-20(29-21)15-8-10-16(22)11-9-15/h3-11H,12H2,1-2H3,(H,23,28). The van der Waals surface area contributed by atoms with E-state index in [9.17, 15) is 4.79 Å². The highest BCUT2D eigenvalue weighted by atomic mass is 35.5. The smallest absolute Gasteiger partial charge is 0.277 e. The minimum Gasteiger partial charge on any atom is -0.411 e. The molecule has 0 saturated heterocycles. The number of hydrogen-bond donors (Lipinski definition) is 1. The van der Waals surface area contributed by atoms with Gasteiger partial charge in [-0.3, -0.25) is 4.79 Å². The molecule has 0 saturated carbocycles. The van der Waals surface area contributed by atoms with Gasteiger partial charge >= 0.3 is 0 Å². The molecule has 2 aromatic heterocycles. The molecule has 0 aliphatic heterocycles. The number of carbonyl (C=O) groups is 1. The Morgan fingerprint density at radius 2 is 1.83 bits per heavy atom. The summed E-state index contributed by atoms with van der Waals surface area (Å²) in [4.78, 5) is 12.5. The van der Waals surface area contributed by atoms with Crippen LogP contribution in [-0.4, -0.2) is 31.6 Å². The molecule has 4 rings (SSSR count). The summed E-state index contributed by atoms with van der Waals surface area (Å²) in [5.41, 5.74) is 4.02. The maximum atomic E-state index is 12.5. The van der Waals surface area contributed by atoms with E-state index in [1.54, 1.807) is 24.3 Å². The van der Waals surface area contributed by atoms with Gasteiger partial charge in [-0.25, -0.2) is 4.68 Å². The number of aromatic nitrogens is 4. The number of nitrogens with zero attached hydrogens (tertiary/aromatic N) is 4. The number of benzene rings is 2. The summed E-state index contributed by atoms with van der Waals surface area (Å²) in [7, 11) is 0. The van der Waals surface area contributed by atoms with Crippen LogP contribution in [0.4, 0.5) is 5.69 Å². The highest BCUT2D eigenvalue weighted by molar-refractivity contribution is 7.99. The number of rotatable bonds is 6. The van der Waals surface area contributed by atoms with E-state index < -0.39 is 0 Å². The molecular weight excluding hydrogens is 422 g/mol. The van der Waals surface area contributed by atoms with Crippen molar-refractivity contribution in [2.45, 2.75) is 19.1 Å². The molecule has 0 spiro atoms. The van der Waals surface area contributed by atoms with E-state index in [1.807, 2.05) is 48.9 Å². The molecule has 0 bridgehead atoms. The van der Waals surface area contributed by atoms with Crippen molar-refractivity contribution in [1.29, 1.82) is 0 Å². The number of amides is 1. The fraction of sp³-hybridized carbons (Fsp3) is 0.143. The Kier molecular flexibility index (Phi) is 5.87. The largest absolute Gasteiger partial charge is 0.411 e. The number of thioether (sulfide) groups is 1. The summed E-state index contributed by atoms with van der Waals surface area (Å²) >= 11 is 7.07. The molecule has 0 aliphatic carbocycles. The summed E-state index contributed by atoms with van der Waals surface area (Å²) in [6.07, 6.45) is 0. The number of halogens is 1. The van der Waals surface area contributed by atoms with Gasteiger partial charge in [-0.05, 0) is 50.2 Å². The second kappa shape index (κ2) is 8.73. The molecule has 1 amide bonds. The van der Waals surface area contributed by atoms with Gasteiger partial charge in [-0.2, -0.15) is 5.10 Å². The van der Waals surface area contributed by atoms with Crippen LogP contribution < -0.4 is 5.32 Å². The van der Waals surface area contributed by atoms with Crippen molar-refractivity contribution in [1.82, 2.24) is 20.0 Å². The van der Waals surface area contributed by atoms with Crippen LogP contribution >= 0.6 is 23.4 Å². The van der Waals surface area contributed by atoms with Crippen molar-refractivity contribution in [2.24, 2.45) is 0 Å². The summed E-state index contributed by atoms with van der Waals surface area (Å²) < 4.78 is 7.43. The van der Waals surface area contributed by atoms with Gasteiger partial charge in [0.15, 0.2) is 0 Å². The van der Waals surface area contributed by atoms with Crippen LogP contribution in [0.3, 0.4) is 0 Å². The summed E-state index contributed by atoms with van der Waals surface area (Å²) in [6, 6.07) is 16.9. The van der Waals surface area contributed by atoms with Gasteiger partial charge in [0.1, 0.15) is 0 Å². The monoisotopic (exact) mass is 439 g/mol. The van der Waals surface area contributed by atoms with Crippen LogP contribution in [0, 0.1) is 13.8 Å². The van der Waals surface area contributed by atoms with E-state index in [1.165, 1.54) is 11.8 Å². The van der Waals surface area contributed by atoms with Gasteiger partial charge in [0.25, 0.3) is 5.22 Å². The zero-order valence-electron chi connectivity index (χ0n) is 16.3.